The maximum Gasteiger partial charge on any atom is 0.296 e. The first-order valence-corrected chi connectivity index (χ1v) is 8.91. The predicted molar refractivity (Wildman–Crippen MR) is 81.6 cm³/mol. The van der Waals surface area contributed by atoms with Crippen molar-refractivity contribution in [2.75, 3.05) is 7.11 Å². The van der Waals surface area contributed by atoms with Crippen molar-refractivity contribution in [2.45, 2.75) is 16.7 Å². The van der Waals surface area contributed by atoms with E-state index < -0.39 is 20.2 Å². The molecule has 0 radical (unpaired) electrons. The van der Waals surface area contributed by atoms with Crippen molar-refractivity contribution in [3.63, 3.8) is 0 Å². The first-order valence-electron chi connectivity index (χ1n) is 6.06. The Hall–Kier alpha value is -1.74. The van der Waals surface area contributed by atoms with Gasteiger partial charge in [-0.05, 0) is 31.2 Å². The van der Waals surface area contributed by atoms with Crippen LogP contribution in [-0.4, -0.2) is 28.5 Å². The van der Waals surface area contributed by atoms with Crippen molar-refractivity contribution in [1.29, 1.82) is 0 Å². The molecule has 120 valence electrons. The van der Waals surface area contributed by atoms with Gasteiger partial charge in [-0.15, -0.1) is 0 Å². The summed E-state index contributed by atoms with van der Waals surface area (Å²) >= 11 is 0. The lowest BCUT2D eigenvalue weighted by Gasteiger charge is -1.98. The molecule has 0 aliphatic rings. The van der Waals surface area contributed by atoms with Crippen LogP contribution in [0.2, 0.25) is 0 Å². The number of benzene rings is 2. The Morgan fingerprint density at radius 1 is 0.818 bits per heavy atom. The van der Waals surface area contributed by atoms with Gasteiger partial charge in [-0.2, -0.15) is 16.8 Å². The Morgan fingerprint density at radius 2 is 1.32 bits per heavy atom. The Bertz CT molecular complexity index is 794. The second kappa shape index (κ2) is 7.50. The number of hydrogen-bond acceptors (Lipinski definition) is 5. The third-order valence-electron chi connectivity index (χ3n) is 2.57. The molecule has 2 rings (SSSR count). The molecule has 22 heavy (non-hydrogen) atoms. The van der Waals surface area contributed by atoms with E-state index >= 15 is 0 Å². The number of aryl methyl sites for hydroxylation is 1. The van der Waals surface area contributed by atoms with Crippen LogP contribution < -0.4 is 0 Å². The molecule has 0 saturated carbocycles. The maximum atomic E-state index is 11.0. The average molecular weight is 344 g/mol. The van der Waals surface area contributed by atoms with Crippen LogP contribution in [-0.2, 0) is 24.4 Å². The maximum absolute atomic E-state index is 11.0. The molecule has 0 spiro atoms. The SMILES string of the molecule is COS(=O)(=O)c1ccccc1.Cc1ccc(S(=O)(=O)O)cc1. The fourth-order valence-corrected chi connectivity index (χ4v) is 2.56. The molecule has 0 atom stereocenters. The molecule has 6 nitrogen and oxygen atoms in total. The Balaban J connectivity index is 0.000000220. The summed E-state index contributed by atoms with van der Waals surface area (Å²) in [6.45, 7) is 1.84. The Labute approximate surface area is 130 Å². The molecule has 0 amide bonds. The first kappa shape index (κ1) is 18.3. The molecule has 1 N–H and O–H groups in total. The quantitative estimate of drug-likeness (QED) is 0.677. The third-order valence-corrected chi connectivity index (χ3v) is 4.73. The molecule has 2 aromatic carbocycles. The lowest BCUT2D eigenvalue weighted by atomic mass is 10.2. The van der Waals surface area contributed by atoms with E-state index in [0.29, 0.717) is 0 Å². The largest absolute Gasteiger partial charge is 0.296 e. The second-order valence-corrected chi connectivity index (χ2v) is 7.36. The summed E-state index contributed by atoms with van der Waals surface area (Å²) in [6.07, 6.45) is 0. The van der Waals surface area contributed by atoms with Gasteiger partial charge >= 0.3 is 0 Å². The van der Waals surface area contributed by atoms with Crippen molar-refractivity contribution in [3.8, 4) is 0 Å². The summed E-state index contributed by atoms with van der Waals surface area (Å²) in [7, 11) is -6.38. The Kier molecular flexibility index (Phi) is 6.24. The van der Waals surface area contributed by atoms with Crippen LogP contribution >= 0.6 is 0 Å². The van der Waals surface area contributed by atoms with Gasteiger partial charge < -0.3 is 0 Å². The van der Waals surface area contributed by atoms with Crippen LogP contribution in [0.15, 0.2) is 64.4 Å². The zero-order valence-corrected chi connectivity index (χ0v) is 13.6. The van der Waals surface area contributed by atoms with E-state index in [-0.39, 0.29) is 9.79 Å². The second-order valence-electron chi connectivity index (χ2n) is 4.22. The van der Waals surface area contributed by atoms with E-state index in [1.54, 1.807) is 30.3 Å². The smallest absolute Gasteiger partial charge is 0.282 e. The molecule has 0 aliphatic carbocycles. The van der Waals surface area contributed by atoms with Crippen LogP contribution in [0.1, 0.15) is 5.56 Å². The van der Waals surface area contributed by atoms with Gasteiger partial charge in [0.15, 0.2) is 0 Å². The van der Waals surface area contributed by atoms with Gasteiger partial charge in [-0.3, -0.25) is 8.74 Å². The van der Waals surface area contributed by atoms with Crippen LogP contribution in [0, 0.1) is 6.92 Å². The fourth-order valence-electron chi connectivity index (χ4n) is 1.39. The molecule has 2 aromatic rings. The summed E-state index contributed by atoms with van der Waals surface area (Å²) in [5.74, 6) is 0. The van der Waals surface area contributed by atoms with Crippen molar-refractivity contribution in [1.82, 2.24) is 0 Å². The minimum absolute atomic E-state index is 0.0666. The van der Waals surface area contributed by atoms with Crippen LogP contribution in [0.25, 0.3) is 0 Å². The fraction of sp³-hybridized carbons (Fsp3) is 0.143. The van der Waals surface area contributed by atoms with Gasteiger partial charge in [0.05, 0.1) is 16.9 Å². The van der Waals surface area contributed by atoms with Crippen LogP contribution in [0.3, 0.4) is 0 Å². The van der Waals surface area contributed by atoms with Gasteiger partial charge in [0, 0.05) is 0 Å². The van der Waals surface area contributed by atoms with E-state index in [1.807, 2.05) is 6.92 Å². The van der Waals surface area contributed by atoms with Gasteiger partial charge in [-0.25, -0.2) is 0 Å². The monoisotopic (exact) mass is 344 g/mol. The topological polar surface area (TPSA) is 97.7 Å². The van der Waals surface area contributed by atoms with Crippen molar-refractivity contribution >= 4 is 20.2 Å². The molecule has 0 saturated heterocycles. The van der Waals surface area contributed by atoms with Gasteiger partial charge in [0.25, 0.3) is 20.2 Å². The standard InChI is InChI=1S/2C7H8O3S/c1-6-2-4-7(5-3-6)11(8,9)10;1-10-11(8,9)7-5-3-2-4-6-7/h2-5H,1H3,(H,8,9,10);2-6H,1H3. The predicted octanol–water partition coefficient (Wildman–Crippen LogP) is 2.26. The molecule has 0 heterocycles. The summed E-state index contributed by atoms with van der Waals surface area (Å²) in [5.41, 5.74) is 0.956. The van der Waals surface area contributed by atoms with Gasteiger partial charge in [0.2, 0.25) is 0 Å². The van der Waals surface area contributed by atoms with Crippen LogP contribution in [0.4, 0.5) is 0 Å². The summed E-state index contributed by atoms with van der Waals surface area (Å²) in [4.78, 5) is 0.116. The molecule has 0 bridgehead atoms. The average Bonchev–Trinajstić information content (AvgIpc) is 2.48. The zero-order chi connectivity index (χ0) is 16.8. The number of rotatable bonds is 3. The molecular weight excluding hydrogens is 328 g/mol. The lowest BCUT2D eigenvalue weighted by Crippen LogP contribution is -2.01. The zero-order valence-electron chi connectivity index (χ0n) is 12.0. The highest BCUT2D eigenvalue weighted by Gasteiger charge is 2.10. The minimum Gasteiger partial charge on any atom is -0.282 e. The molecule has 0 unspecified atom stereocenters. The molecule has 8 heteroatoms. The third kappa shape index (κ3) is 5.57. The first-order chi connectivity index (χ1) is 10.2. The van der Waals surface area contributed by atoms with Crippen LogP contribution in [0.5, 0.6) is 0 Å². The number of hydrogen-bond donors (Lipinski definition) is 1. The van der Waals surface area contributed by atoms with E-state index in [2.05, 4.69) is 4.18 Å². The Morgan fingerprint density at radius 3 is 1.73 bits per heavy atom. The summed E-state index contributed by atoms with van der Waals surface area (Å²) in [5, 5.41) is 0. The van der Waals surface area contributed by atoms with E-state index in [4.69, 9.17) is 4.55 Å². The van der Waals surface area contributed by atoms with E-state index in [9.17, 15) is 16.8 Å². The highest BCUT2D eigenvalue weighted by Crippen LogP contribution is 2.09. The molecule has 0 aliphatic heterocycles. The normalized spacial score (nSPS) is 11.4. The summed E-state index contributed by atoms with van der Waals surface area (Å²) in [6, 6.07) is 14.0. The van der Waals surface area contributed by atoms with Gasteiger partial charge in [-0.1, -0.05) is 35.9 Å². The van der Waals surface area contributed by atoms with Crippen molar-refractivity contribution < 1.29 is 25.6 Å². The molecule has 0 fully saturated rings. The highest BCUT2D eigenvalue weighted by molar-refractivity contribution is 7.86. The summed E-state index contributed by atoms with van der Waals surface area (Å²) < 4.78 is 55.8. The lowest BCUT2D eigenvalue weighted by molar-refractivity contribution is 0.398. The van der Waals surface area contributed by atoms with E-state index in [0.717, 1.165) is 12.7 Å². The highest BCUT2D eigenvalue weighted by atomic mass is 32.2. The van der Waals surface area contributed by atoms with Crippen molar-refractivity contribution in [3.05, 3.63) is 60.2 Å². The van der Waals surface area contributed by atoms with E-state index in [1.165, 1.54) is 24.3 Å². The van der Waals surface area contributed by atoms with Crippen molar-refractivity contribution in [2.24, 2.45) is 0 Å². The van der Waals surface area contributed by atoms with Gasteiger partial charge in [0.1, 0.15) is 0 Å². The molecular formula is C14H16O6S2. The minimum atomic E-state index is -4.02. The molecule has 0 aromatic heterocycles.